The Balaban J connectivity index is 4.34. The molecular formula is C8H15NO. The molecule has 0 unspecified atom stereocenters. The van der Waals surface area contributed by atoms with Gasteiger partial charge in [0, 0.05) is 12.1 Å². The second-order valence-electron chi connectivity index (χ2n) is 2.51. The molecule has 1 N–H and O–H groups in total. The van der Waals surface area contributed by atoms with Crippen LogP contribution in [-0.4, -0.2) is 11.3 Å². The molecule has 58 valence electrons. The van der Waals surface area contributed by atoms with Gasteiger partial charge in [-0.25, -0.2) is 0 Å². The van der Waals surface area contributed by atoms with Crippen molar-refractivity contribution in [2.24, 2.45) is 10.9 Å². The molecule has 0 bridgehead atoms. The van der Waals surface area contributed by atoms with E-state index in [9.17, 15) is 5.11 Å². The van der Waals surface area contributed by atoms with Gasteiger partial charge in [-0.15, -0.1) is 0 Å². The van der Waals surface area contributed by atoms with Crippen molar-refractivity contribution < 1.29 is 5.11 Å². The van der Waals surface area contributed by atoms with E-state index in [4.69, 9.17) is 0 Å². The first-order valence-corrected chi connectivity index (χ1v) is 3.48. The van der Waals surface area contributed by atoms with Crippen LogP contribution in [0.2, 0.25) is 0 Å². The van der Waals surface area contributed by atoms with Crippen molar-refractivity contribution in [2.75, 3.05) is 0 Å². The molecule has 0 amide bonds. The first kappa shape index (κ1) is 9.21. The van der Waals surface area contributed by atoms with Crippen LogP contribution in [0.15, 0.2) is 16.4 Å². The Morgan fingerprint density at radius 3 is 2.30 bits per heavy atom. The number of nitrogens with zero attached hydrogens (tertiary/aromatic N) is 1. The average molecular weight is 141 g/mol. The van der Waals surface area contributed by atoms with Gasteiger partial charge in [0.25, 0.3) is 0 Å². The van der Waals surface area contributed by atoms with Gasteiger partial charge < -0.3 is 5.11 Å². The molecule has 0 aliphatic heterocycles. The number of aliphatic hydroxyl groups excluding tert-OH is 1. The third-order valence-corrected chi connectivity index (χ3v) is 1.24. The van der Waals surface area contributed by atoms with Crippen molar-refractivity contribution in [1.82, 2.24) is 0 Å². The summed E-state index contributed by atoms with van der Waals surface area (Å²) in [6.07, 6.45) is 1.67. The fraction of sp³-hybridized carbons (Fsp3) is 0.625. The van der Waals surface area contributed by atoms with Crippen LogP contribution in [0.4, 0.5) is 0 Å². The fourth-order valence-corrected chi connectivity index (χ4v) is 0.678. The summed E-state index contributed by atoms with van der Waals surface area (Å²) in [5.41, 5.74) is 0.706. The molecule has 2 heteroatoms. The van der Waals surface area contributed by atoms with Crippen LogP contribution in [0.5, 0.6) is 0 Å². The van der Waals surface area contributed by atoms with Crippen molar-refractivity contribution in [3.8, 4) is 0 Å². The van der Waals surface area contributed by atoms with Crippen LogP contribution < -0.4 is 0 Å². The minimum Gasteiger partial charge on any atom is -0.510 e. The first-order chi connectivity index (χ1) is 4.59. The Kier molecular flexibility index (Phi) is 3.77. The predicted molar refractivity (Wildman–Crippen MR) is 44.3 cm³/mol. The van der Waals surface area contributed by atoms with Crippen LogP contribution >= 0.6 is 0 Å². The lowest BCUT2D eigenvalue weighted by molar-refractivity contribution is 0.344. The lowest BCUT2D eigenvalue weighted by atomic mass is 10.1. The molecule has 0 rings (SSSR count). The number of hydrogen-bond acceptors (Lipinski definition) is 2. The third-order valence-electron chi connectivity index (χ3n) is 1.24. The van der Waals surface area contributed by atoms with E-state index in [1.165, 1.54) is 0 Å². The number of allylic oxidation sites excluding steroid dienone is 2. The Bertz CT molecular complexity index is 157. The first-order valence-electron chi connectivity index (χ1n) is 3.48. The van der Waals surface area contributed by atoms with Gasteiger partial charge in [0.05, 0.1) is 5.70 Å². The maximum absolute atomic E-state index is 9.29. The van der Waals surface area contributed by atoms with E-state index in [1.807, 2.05) is 20.8 Å². The summed E-state index contributed by atoms with van der Waals surface area (Å²) in [6.45, 7) is 7.50. The molecule has 0 fully saturated rings. The van der Waals surface area contributed by atoms with Crippen LogP contribution in [-0.2, 0) is 0 Å². The Morgan fingerprint density at radius 2 is 2.00 bits per heavy atom. The summed E-state index contributed by atoms with van der Waals surface area (Å²) in [5.74, 6) is 0.543. The summed E-state index contributed by atoms with van der Waals surface area (Å²) in [5, 5.41) is 9.29. The summed E-state index contributed by atoms with van der Waals surface area (Å²) in [4.78, 5) is 3.95. The summed E-state index contributed by atoms with van der Waals surface area (Å²) in [7, 11) is 0. The second kappa shape index (κ2) is 4.09. The minimum atomic E-state index is 0.170. The predicted octanol–water partition coefficient (Wildman–Crippen LogP) is 2.52. The van der Waals surface area contributed by atoms with Gasteiger partial charge in [-0.1, -0.05) is 13.8 Å². The smallest absolute Gasteiger partial charge is 0.116 e. The van der Waals surface area contributed by atoms with Gasteiger partial charge in [0.2, 0.25) is 0 Å². The van der Waals surface area contributed by atoms with E-state index in [1.54, 1.807) is 13.1 Å². The molecule has 2 nitrogen and oxygen atoms in total. The van der Waals surface area contributed by atoms with Gasteiger partial charge in [-0.2, -0.15) is 0 Å². The summed E-state index contributed by atoms with van der Waals surface area (Å²) >= 11 is 0. The summed E-state index contributed by atoms with van der Waals surface area (Å²) < 4.78 is 0. The van der Waals surface area contributed by atoms with Crippen molar-refractivity contribution in [1.29, 1.82) is 0 Å². The highest BCUT2D eigenvalue weighted by Crippen LogP contribution is 2.11. The van der Waals surface area contributed by atoms with E-state index in [2.05, 4.69) is 4.99 Å². The second-order valence-corrected chi connectivity index (χ2v) is 2.51. The molecule has 0 aromatic rings. The zero-order chi connectivity index (χ0) is 8.15. The topological polar surface area (TPSA) is 32.6 Å². The number of aliphatic hydroxyl groups is 1. The van der Waals surface area contributed by atoms with Gasteiger partial charge in [0.15, 0.2) is 0 Å². The molecule has 0 saturated heterocycles. The van der Waals surface area contributed by atoms with E-state index in [-0.39, 0.29) is 5.92 Å². The van der Waals surface area contributed by atoms with Crippen LogP contribution in [0.1, 0.15) is 27.7 Å². The standard InChI is InChI=1S/C8H15NO/c1-5-9-7(4)8(10)6(2)3/h5-6,10H,1-4H3/b8-7-,9-5?. The minimum absolute atomic E-state index is 0.170. The molecule has 0 heterocycles. The molecular weight excluding hydrogens is 126 g/mol. The molecule has 0 saturated carbocycles. The zero-order valence-electron chi connectivity index (χ0n) is 7.05. The van der Waals surface area contributed by atoms with E-state index >= 15 is 0 Å². The van der Waals surface area contributed by atoms with Crippen molar-refractivity contribution in [3.63, 3.8) is 0 Å². The molecule has 0 atom stereocenters. The van der Waals surface area contributed by atoms with Gasteiger partial charge >= 0.3 is 0 Å². The Labute approximate surface area is 62.3 Å². The molecule has 0 aromatic carbocycles. The molecule has 0 aliphatic carbocycles. The van der Waals surface area contributed by atoms with E-state index < -0.39 is 0 Å². The number of rotatable bonds is 2. The van der Waals surface area contributed by atoms with Gasteiger partial charge in [-0.3, -0.25) is 4.99 Å². The highest BCUT2D eigenvalue weighted by Gasteiger charge is 2.02. The highest BCUT2D eigenvalue weighted by atomic mass is 16.3. The van der Waals surface area contributed by atoms with Crippen molar-refractivity contribution in [3.05, 3.63) is 11.5 Å². The quantitative estimate of drug-likeness (QED) is 0.465. The van der Waals surface area contributed by atoms with Gasteiger partial charge in [0.1, 0.15) is 5.76 Å². The monoisotopic (exact) mass is 141 g/mol. The van der Waals surface area contributed by atoms with Crippen molar-refractivity contribution in [2.45, 2.75) is 27.7 Å². The number of aliphatic imine (C=N–C) groups is 1. The van der Waals surface area contributed by atoms with E-state index in [0.717, 1.165) is 0 Å². The normalized spacial score (nSPS) is 14.5. The number of hydrogen-bond donors (Lipinski definition) is 1. The lowest BCUT2D eigenvalue weighted by Gasteiger charge is -2.04. The highest BCUT2D eigenvalue weighted by molar-refractivity contribution is 5.55. The lowest BCUT2D eigenvalue weighted by Crippen LogP contribution is -1.94. The SMILES string of the molecule is CC=N/C(C)=C(\O)C(C)C. The Morgan fingerprint density at radius 1 is 1.50 bits per heavy atom. The van der Waals surface area contributed by atoms with E-state index in [0.29, 0.717) is 11.5 Å². The molecule has 10 heavy (non-hydrogen) atoms. The molecule has 0 spiro atoms. The maximum Gasteiger partial charge on any atom is 0.116 e. The van der Waals surface area contributed by atoms with Crippen LogP contribution in [0.3, 0.4) is 0 Å². The summed E-state index contributed by atoms with van der Waals surface area (Å²) in [6, 6.07) is 0. The Hall–Kier alpha value is -0.790. The third kappa shape index (κ3) is 2.67. The zero-order valence-corrected chi connectivity index (χ0v) is 7.05. The van der Waals surface area contributed by atoms with Crippen LogP contribution in [0.25, 0.3) is 0 Å². The average Bonchev–Trinajstić information content (AvgIpc) is 1.87. The van der Waals surface area contributed by atoms with Crippen LogP contribution in [0, 0.1) is 5.92 Å². The van der Waals surface area contributed by atoms with Crippen molar-refractivity contribution >= 4 is 6.21 Å². The molecule has 0 radical (unpaired) electrons. The largest absolute Gasteiger partial charge is 0.510 e. The molecule has 0 aliphatic rings. The fourth-order valence-electron chi connectivity index (χ4n) is 0.678. The molecule has 0 aromatic heterocycles. The van der Waals surface area contributed by atoms with Gasteiger partial charge in [-0.05, 0) is 13.8 Å². The maximum atomic E-state index is 9.29.